The minimum absolute atomic E-state index is 0.0245. The molecule has 178 valence electrons. The number of carbonyl (C=O) groups excluding carboxylic acids is 1. The van der Waals surface area contributed by atoms with Gasteiger partial charge in [0, 0.05) is 26.2 Å². The second kappa shape index (κ2) is 9.65. The molecule has 9 heteroatoms. The molecule has 0 saturated carbocycles. The lowest BCUT2D eigenvalue weighted by Crippen LogP contribution is -2.30. The molecule has 0 atom stereocenters. The summed E-state index contributed by atoms with van der Waals surface area (Å²) in [5, 5.41) is 10.4. The van der Waals surface area contributed by atoms with Crippen LogP contribution in [0.15, 0.2) is 109 Å². The zero-order valence-corrected chi connectivity index (χ0v) is 22.1. The van der Waals surface area contributed by atoms with E-state index in [0.29, 0.717) is 23.3 Å². The second-order valence-electron chi connectivity index (χ2n) is 8.05. The van der Waals surface area contributed by atoms with E-state index in [4.69, 9.17) is 4.42 Å². The van der Waals surface area contributed by atoms with Crippen molar-refractivity contribution >= 4 is 67.7 Å². The first kappa shape index (κ1) is 23.1. The van der Waals surface area contributed by atoms with Gasteiger partial charge in [0.25, 0.3) is 0 Å². The average Bonchev–Trinajstić information content (AvgIpc) is 3.49. The molecule has 0 fully saturated rings. The highest BCUT2D eigenvalue weighted by molar-refractivity contribution is 9.10. The van der Waals surface area contributed by atoms with Crippen molar-refractivity contribution in [2.24, 2.45) is 0 Å². The van der Waals surface area contributed by atoms with Gasteiger partial charge >= 0.3 is 0 Å². The number of benzene rings is 3. The number of hydrogen-bond donors (Lipinski definition) is 0. The summed E-state index contributed by atoms with van der Waals surface area (Å²) in [7, 11) is 0. The van der Waals surface area contributed by atoms with Crippen LogP contribution in [0.25, 0.3) is 22.6 Å². The quantitative estimate of drug-likeness (QED) is 0.154. The standard InChI is InChI=1S/C27H19BrN4O2S2/c1-2-13-31-26(22-15-17-14-18(28)11-12-21(17)34-22)29-30-27(31)35-16-25(33)32-19-7-3-5-9-23(19)36-24-10-6-4-8-20(24)32/h2-12,14-15H,1,13,16H2. The van der Waals surface area contributed by atoms with Crippen LogP contribution in [-0.2, 0) is 11.3 Å². The smallest absolute Gasteiger partial charge is 0.242 e. The number of nitrogens with zero attached hydrogens (tertiary/aromatic N) is 4. The fourth-order valence-corrected chi connectivity index (χ4v) is 6.39. The van der Waals surface area contributed by atoms with Crippen LogP contribution in [0, 0.1) is 0 Å². The molecule has 0 bridgehead atoms. The molecule has 6 nitrogen and oxygen atoms in total. The summed E-state index contributed by atoms with van der Waals surface area (Å²) in [5.41, 5.74) is 2.56. The molecule has 1 amide bonds. The summed E-state index contributed by atoms with van der Waals surface area (Å²) in [6.45, 7) is 4.38. The van der Waals surface area contributed by atoms with E-state index in [1.54, 1.807) is 22.7 Å². The molecule has 6 rings (SSSR count). The van der Waals surface area contributed by atoms with Gasteiger partial charge in [-0.05, 0) is 48.5 Å². The first-order valence-electron chi connectivity index (χ1n) is 11.2. The maximum atomic E-state index is 13.6. The summed E-state index contributed by atoms with van der Waals surface area (Å²) >= 11 is 6.54. The first-order valence-corrected chi connectivity index (χ1v) is 13.8. The third kappa shape index (κ3) is 4.17. The molecule has 0 N–H and O–H groups in total. The van der Waals surface area contributed by atoms with Crippen molar-refractivity contribution in [2.45, 2.75) is 21.5 Å². The maximum absolute atomic E-state index is 13.6. The molecule has 3 aromatic carbocycles. The van der Waals surface area contributed by atoms with E-state index < -0.39 is 0 Å². The fraction of sp³-hybridized carbons (Fsp3) is 0.0741. The van der Waals surface area contributed by atoms with E-state index in [1.807, 2.05) is 77.4 Å². The molecular weight excluding hydrogens is 556 g/mol. The minimum atomic E-state index is -0.0245. The Morgan fingerprint density at radius 3 is 2.47 bits per heavy atom. The summed E-state index contributed by atoms with van der Waals surface area (Å²) in [6.07, 6.45) is 1.78. The number of para-hydroxylation sites is 2. The Morgan fingerprint density at radius 1 is 1.03 bits per heavy atom. The number of halogens is 1. The van der Waals surface area contributed by atoms with Crippen LogP contribution < -0.4 is 4.90 Å². The van der Waals surface area contributed by atoms with Crippen LogP contribution in [0.2, 0.25) is 0 Å². The van der Waals surface area contributed by atoms with Crippen LogP contribution >= 0.6 is 39.5 Å². The Kier molecular flexibility index (Phi) is 6.20. The van der Waals surface area contributed by atoms with E-state index in [9.17, 15) is 4.79 Å². The molecule has 36 heavy (non-hydrogen) atoms. The topological polar surface area (TPSA) is 64.2 Å². The van der Waals surface area contributed by atoms with Gasteiger partial charge in [-0.25, -0.2) is 0 Å². The third-order valence-electron chi connectivity index (χ3n) is 5.73. The molecule has 0 unspecified atom stereocenters. The number of allylic oxidation sites excluding steroid dienone is 1. The van der Waals surface area contributed by atoms with Gasteiger partial charge in [0.1, 0.15) is 5.58 Å². The number of thioether (sulfide) groups is 1. The number of hydrogen-bond acceptors (Lipinski definition) is 6. The van der Waals surface area contributed by atoms with Crippen molar-refractivity contribution in [1.82, 2.24) is 14.8 Å². The van der Waals surface area contributed by atoms with Crippen LogP contribution in [0.4, 0.5) is 11.4 Å². The largest absolute Gasteiger partial charge is 0.453 e. The highest BCUT2D eigenvalue weighted by atomic mass is 79.9. The predicted octanol–water partition coefficient (Wildman–Crippen LogP) is 7.56. The molecule has 0 aliphatic carbocycles. The Hall–Kier alpha value is -3.27. The first-order chi connectivity index (χ1) is 17.6. The number of anilines is 2. The Morgan fingerprint density at radius 2 is 1.75 bits per heavy atom. The Bertz CT molecular complexity index is 1580. The molecule has 1 aliphatic heterocycles. The molecule has 0 spiro atoms. The number of carbonyl (C=O) groups is 1. The summed E-state index contributed by atoms with van der Waals surface area (Å²) in [6, 6.07) is 23.8. The predicted molar refractivity (Wildman–Crippen MR) is 148 cm³/mol. The van der Waals surface area contributed by atoms with Crippen molar-refractivity contribution in [3.63, 3.8) is 0 Å². The zero-order valence-electron chi connectivity index (χ0n) is 18.9. The van der Waals surface area contributed by atoms with Crippen molar-refractivity contribution in [3.8, 4) is 11.6 Å². The monoisotopic (exact) mass is 574 g/mol. The minimum Gasteiger partial charge on any atom is -0.453 e. The average molecular weight is 576 g/mol. The van der Waals surface area contributed by atoms with Gasteiger partial charge in [-0.15, -0.1) is 16.8 Å². The van der Waals surface area contributed by atoms with Gasteiger partial charge < -0.3 is 4.42 Å². The molecule has 2 aromatic heterocycles. The van der Waals surface area contributed by atoms with Gasteiger partial charge in [0.2, 0.25) is 11.7 Å². The van der Waals surface area contributed by atoms with Gasteiger partial charge in [-0.1, -0.05) is 69.8 Å². The normalized spacial score (nSPS) is 12.4. The summed E-state index contributed by atoms with van der Waals surface area (Å²) in [5.74, 6) is 1.40. The van der Waals surface area contributed by atoms with E-state index in [-0.39, 0.29) is 11.7 Å². The highest BCUT2D eigenvalue weighted by Gasteiger charge is 2.28. The van der Waals surface area contributed by atoms with E-state index in [2.05, 4.69) is 32.7 Å². The second-order valence-corrected chi connectivity index (χ2v) is 11.0. The van der Waals surface area contributed by atoms with Crippen LogP contribution in [-0.4, -0.2) is 26.4 Å². The lowest BCUT2D eigenvalue weighted by Gasteiger charge is -2.30. The zero-order chi connectivity index (χ0) is 24.6. The van der Waals surface area contributed by atoms with Gasteiger partial charge in [0.05, 0.1) is 17.1 Å². The van der Waals surface area contributed by atoms with Crippen molar-refractivity contribution in [1.29, 1.82) is 0 Å². The van der Waals surface area contributed by atoms with E-state index in [0.717, 1.165) is 36.6 Å². The Balaban J connectivity index is 1.29. The molecule has 0 radical (unpaired) electrons. The molecule has 0 saturated heterocycles. The molecule has 5 aromatic rings. The van der Waals surface area contributed by atoms with Crippen molar-refractivity contribution in [2.75, 3.05) is 10.7 Å². The highest BCUT2D eigenvalue weighted by Crippen LogP contribution is 2.48. The van der Waals surface area contributed by atoms with Crippen molar-refractivity contribution < 1.29 is 9.21 Å². The number of rotatable bonds is 6. The van der Waals surface area contributed by atoms with Gasteiger partial charge in [0.15, 0.2) is 10.9 Å². The number of furan rings is 1. The van der Waals surface area contributed by atoms with Crippen LogP contribution in [0.3, 0.4) is 0 Å². The van der Waals surface area contributed by atoms with Crippen LogP contribution in [0.5, 0.6) is 0 Å². The number of aromatic nitrogens is 3. The lowest BCUT2D eigenvalue weighted by atomic mass is 10.2. The SMILES string of the molecule is C=CCn1c(SCC(=O)N2c3ccccc3Sc3ccccc32)nnc1-c1cc2cc(Br)ccc2o1. The van der Waals surface area contributed by atoms with Gasteiger partial charge in [-0.2, -0.15) is 0 Å². The van der Waals surface area contributed by atoms with Crippen molar-refractivity contribution in [3.05, 3.63) is 89.9 Å². The summed E-state index contributed by atoms with van der Waals surface area (Å²) in [4.78, 5) is 17.5. The third-order valence-corrected chi connectivity index (χ3v) is 8.31. The molecule has 3 heterocycles. The number of amides is 1. The van der Waals surface area contributed by atoms with E-state index >= 15 is 0 Å². The lowest BCUT2D eigenvalue weighted by molar-refractivity contribution is -0.115. The van der Waals surface area contributed by atoms with Gasteiger partial charge in [-0.3, -0.25) is 14.3 Å². The van der Waals surface area contributed by atoms with Crippen LogP contribution in [0.1, 0.15) is 0 Å². The van der Waals surface area contributed by atoms with E-state index in [1.165, 1.54) is 11.8 Å². The molecule has 1 aliphatic rings. The summed E-state index contributed by atoms with van der Waals surface area (Å²) < 4.78 is 8.94. The Labute approximate surface area is 224 Å². The number of fused-ring (bicyclic) bond motifs is 3. The maximum Gasteiger partial charge on any atom is 0.242 e. The molecular formula is C27H19BrN4O2S2. The fourth-order valence-electron chi connectivity index (χ4n) is 4.16.